The van der Waals surface area contributed by atoms with Crippen molar-refractivity contribution in [1.82, 2.24) is 9.80 Å². The van der Waals surface area contributed by atoms with Crippen LogP contribution >= 0.6 is 0 Å². The number of aryl methyl sites for hydroxylation is 1. The Bertz CT molecular complexity index is 619. The average Bonchev–Trinajstić information content (AvgIpc) is 3.18. The molecule has 2 amide bonds. The first-order chi connectivity index (χ1) is 13.1. The van der Waals surface area contributed by atoms with Crippen molar-refractivity contribution in [2.24, 2.45) is 0 Å². The molecule has 0 radical (unpaired) electrons. The van der Waals surface area contributed by atoms with Crippen LogP contribution in [0.3, 0.4) is 0 Å². The highest BCUT2D eigenvalue weighted by Gasteiger charge is 2.25. The van der Waals surface area contributed by atoms with Crippen LogP contribution in [-0.4, -0.2) is 74.4 Å². The monoisotopic (exact) mass is 374 g/mol. The fraction of sp³-hybridized carbons (Fsp3) is 0.667. The van der Waals surface area contributed by atoms with Crippen molar-refractivity contribution in [1.29, 1.82) is 0 Å². The minimum Gasteiger partial charge on any atom is -0.377 e. The van der Waals surface area contributed by atoms with E-state index >= 15 is 0 Å². The Balaban J connectivity index is 1.50. The van der Waals surface area contributed by atoms with Gasteiger partial charge in [0.15, 0.2) is 0 Å². The molecule has 3 rings (SSSR count). The number of anilines is 2. The zero-order valence-electron chi connectivity index (χ0n) is 17.0. The first-order valence-electron chi connectivity index (χ1n) is 10.4. The summed E-state index contributed by atoms with van der Waals surface area (Å²) in [5, 5.41) is 3.10. The predicted molar refractivity (Wildman–Crippen MR) is 111 cm³/mol. The maximum Gasteiger partial charge on any atom is 0.321 e. The van der Waals surface area contributed by atoms with Gasteiger partial charge in [-0.05, 0) is 57.4 Å². The molecule has 27 heavy (non-hydrogen) atoms. The number of piperazine rings is 1. The molecule has 0 bridgehead atoms. The van der Waals surface area contributed by atoms with Gasteiger partial charge >= 0.3 is 6.03 Å². The third kappa shape index (κ3) is 5.14. The molecule has 0 spiro atoms. The van der Waals surface area contributed by atoms with Crippen molar-refractivity contribution in [3.8, 4) is 0 Å². The van der Waals surface area contributed by atoms with E-state index in [9.17, 15) is 4.79 Å². The summed E-state index contributed by atoms with van der Waals surface area (Å²) in [4.78, 5) is 19.3. The Kier molecular flexibility index (Phi) is 6.96. The minimum atomic E-state index is 0.00505. The summed E-state index contributed by atoms with van der Waals surface area (Å²) in [7, 11) is 0. The summed E-state index contributed by atoms with van der Waals surface area (Å²) >= 11 is 0. The Morgan fingerprint density at radius 1 is 1.22 bits per heavy atom. The lowest BCUT2D eigenvalue weighted by Crippen LogP contribution is -2.51. The molecule has 1 atom stereocenters. The second-order valence-corrected chi connectivity index (χ2v) is 7.52. The molecule has 2 heterocycles. The molecular formula is C21H34N4O2. The lowest BCUT2D eigenvalue weighted by molar-refractivity contribution is 0.0572. The maximum absolute atomic E-state index is 12.7. The third-order valence-corrected chi connectivity index (χ3v) is 5.73. The molecule has 0 saturated carbocycles. The highest BCUT2D eigenvalue weighted by Crippen LogP contribution is 2.23. The normalized spacial score (nSPS) is 20.7. The van der Waals surface area contributed by atoms with E-state index in [2.05, 4.69) is 48.0 Å². The highest BCUT2D eigenvalue weighted by molar-refractivity contribution is 5.90. The van der Waals surface area contributed by atoms with E-state index in [1.807, 2.05) is 11.0 Å². The van der Waals surface area contributed by atoms with Gasteiger partial charge in [0.2, 0.25) is 0 Å². The summed E-state index contributed by atoms with van der Waals surface area (Å²) in [5.74, 6) is 0. The Morgan fingerprint density at radius 3 is 2.56 bits per heavy atom. The van der Waals surface area contributed by atoms with E-state index in [1.165, 1.54) is 18.5 Å². The number of benzene rings is 1. The zero-order chi connectivity index (χ0) is 19.2. The van der Waals surface area contributed by atoms with Gasteiger partial charge < -0.3 is 19.9 Å². The molecule has 2 fully saturated rings. The zero-order valence-corrected chi connectivity index (χ0v) is 17.0. The van der Waals surface area contributed by atoms with Crippen molar-refractivity contribution in [2.75, 3.05) is 62.6 Å². The average molecular weight is 375 g/mol. The number of ether oxygens (including phenoxy) is 1. The number of rotatable bonds is 6. The van der Waals surface area contributed by atoms with Crippen LogP contribution in [0.1, 0.15) is 32.3 Å². The van der Waals surface area contributed by atoms with Gasteiger partial charge in [0.1, 0.15) is 0 Å². The molecule has 2 aliphatic rings. The third-order valence-electron chi connectivity index (χ3n) is 5.73. The van der Waals surface area contributed by atoms with Gasteiger partial charge in [0.05, 0.1) is 6.10 Å². The van der Waals surface area contributed by atoms with Crippen LogP contribution in [0.4, 0.5) is 16.2 Å². The van der Waals surface area contributed by atoms with Crippen LogP contribution in [-0.2, 0) is 4.74 Å². The number of carbonyl (C=O) groups excluding carboxylic acids is 1. The number of amides is 2. The molecule has 2 saturated heterocycles. The second kappa shape index (κ2) is 9.42. The van der Waals surface area contributed by atoms with Crippen molar-refractivity contribution in [3.05, 3.63) is 23.8 Å². The van der Waals surface area contributed by atoms with Crippen molar-refractivity contribution in [2.45, 2.75) is 39.7 Å². The Hall–Kier alpha value is -1.79. The molecule has 1 unspecified atom stereocenters. The van der Waals surface area contributed by atoms with Gasteiger partial charge in [-0.25, -0.2) is 4.79 Å². The first-order valence-corrected chi connectivity index (χ1v) is 10.4. The van der Waals surface area contributed by atoms with E-state index in [4.69, 9.17) is 4.74 Å². The van der Waals surface area contributed by atoms with Crippen molar-refractivity contribution >= 4 is 17.4 Å². The molecule has 0 aromatic heterocycles. The number of nitrogens with one attached hydrogen (secondary N) is 1. The van der Waals surface area contributed by atoms with Crippen molar-refractivity contribution in [3.63, 3.8) is 0 Å². The molecular weight excluding hydrogens is 340 g/mol. The summed E-state index contributed by atoms with van der Waals surface area (Å²) in [6.45, 7) is 13.6. The number of urea groups is 1. The molecule has 150 valence electrons. The molecule has 2 aliphatic heterocycles. The summed E-state index contributed by atoms with van der Waals surface area (Å²) < 4.78 is 5.73. The molecule has 1 aromatic rings. The molecule has 1 N–H and O–H groups in total. The van der Waals surface area contributed by atoms with Gasteiger partial charge in [-0.3, -0.25) is 4.90 Å². The van der Waals surface area contributed by atoms with Gasteiger partial charge in [0, 0.05) is 63.8 Å². The number of nitrogens with zero attached hydrogens (tertiary/aromatic N) is 3. The fourth-order valence-electron chi connectivity index (χ4n) is 3.98. The quantitative estimate of drug-likeness (QED) is 0.831. The van der Waals surface area contributed by atoms with Crippen LogP contribution in [0.5, 0.6) is 0 Å². The van der Waals surface area contributed by atoms with E-state index in [0.717, 1.165) is 63.7 Å². The van der Waals surface area contributed by atoms with Crippen molar-refractivity contribution < 1.29 is 9.53 Å². The lowest BCUT2D eigenvalue weighted by atomic mass is 10.1. The van der Waals surface area contributed by atoms with E-state index in [0.29, 0.717) is 6.10 Å². The Morgan fingerprint density at radius 2 is 1.96 bits per heavy atom. The molecule has 1 aromatic carbocycles. The van der Waals surface area contributed by atoms with Gasteiger partial charge in [-0.15, -0.1) is 0 Å². The Labute approximate surface area is 163 Å². The summed E-state index contributed by atoms with van der Waals surface area (Å²) in [6, 6.07) is 6.27. The van der Waals surface area contributed by atoms with E-state index in [1.54, 1.807) is 0 Å². The smallest absolute Gasteiger partial charge is 0.321 e. The van der Waals surface area contributed by atoms with Crippen LogP contribution < -0.4 is 10.2 Å². The largest absolute Gasteiger partial charge is 0.377 e. The maximum atomic E-state index is 12.7. The van der Waals surface area contributed by atoms with E-state index in [-0.39, 0.29) is 6.03 Å². The number of hydrogen-bond donors (Lipinski definition) is 1. The molecule has 6 heteroatoms. The molecule has 6 nitrogen and oxygen atoms in total. The number of hydrogen-bond acceptors (Lipinski definition) is 4. The topological polar surface area (TPSA) is 48.1 Å². The SMILES string of the molecule is CCN(CC)c1ccc(NC(=O)N2CCN(CC3CCCO3)CC2)c(C)c1. The summed E-state index contributed by atoms with van der Waals surface area (Å²) in [5.41, 5.74) is 3.21. The van der Waals surface area contributed by atoms with Crippen LogP contribution in [0.15, 0.2) is 18.2 Å². The first kappa shape index (κ1) is 20.0. The highest BCUT2D eigenvalue weighted by atomic mass is 16.5. The fourth-order valence-corrected chi connectivity index (χ4v) is 3.98. The molecule has 0 aliphatic carbocycles. The van der Waals surface area contributed by atoms with Crippen LogP contribution in [0.2, 0.25) is 0 Å². The van der Waals surface area contributed by atoms with Gasteiger partial charge in [0.25, 0.3) is 0 Å². The van der Waals surface area contributed by atoms with Gasteiger partial charge in [-0.1, -0.05) is 0 Å². The van der Waals surface area contributed by atoms with Crippen LogP contribution in [0.25, 0.3) is 0 Å². The second-order valence-electron chi connectivity index (χ2n) is 7.52. The predicted octanol–water partition coefficient (Wildman–Crippen LogP) is 3.17. The van der Waals surface area contributed by atoms with Gasteiger partial charge in [-0.2, -0.15) is 0 Å². The lowest BCUT2D eigenvalue weighted by Gasteiger charge is -2.35. The van der Waals surface area contributed by atoms with E-state index < -0.39 is 0 Å². The number of carbonyl (C=O) groups is 1. The summed E-state index contributed by atoms with van der Waals surface area (Å²) in [6.07, 6.45) is 2.74. The standard InChI is InChI=1S/C21H34N4O2/c1-4-24(5-2)18-8-9-20(17(3)15-18)22-21(26)25-12-10-23(11-13-25)16-19-7-6-14-27-19/h8-9,15,19H,4-7,10-14,16H2,1-3H3,(H,22,26). The van der Waals surface area contributed by atoms with Crippen LogP contribution in [0, 0.1) is 6.92 Å². The minimum absolute atomic E-state index is 0.00505.